The molecule has 2 unspecified atom stereocenters. The fourth-order valence-electron chi connectivity index (χ4n) is 3.83. The van der Waals surface area contributed by atoms with E-state index in [2.05, 4.69) is 61.6 Å². The summed E-state index contributed by atoms with van der Waals surface area (Å²) in [6.45, 7) is 1.22. The number of hydrogen-bond donors (Lipinski definition) is 1. The summed E-state index contributed by atoms with van der Waals surface area (Å²) in [6.07, 6.45) is 1.24. The minimum atomic E-state index is -1.46. The molecule has 0 aromatic heterocycles. The third kappa shape index (κ3) is 5.10. The van der Waals surface area contributed by atoms with E-state index < -0.39 is 37.6 Å². The first-order chi connectivity index (χ1) is 15.7. The van der Waals surface area contributed by atoms with Crippen LogP contribution in [0.5, 0.6) is 5.75 Å². The highest BCUT2D eigenvalue weighted by atomic mass is 16.6. The second-order valence-electron chi connectivity index (χ2n) is 7.45. The molecule has 1 aliphatic rings. The summed E-state index contributed by atoms with van der Waals surface area (Å²) in [4.78, 5) is 29.1. The molecule has 0 radical (unpaired) electrons. The van der Waals surface area contributed by atoms with Gasteiger partial charge in [-0.05, 0) is 11.6 Å². The molecule has 0 fully saturated rings. The molecule has 11 heteroatoms. The average Bonchev–Trinajstić information content (AvgIpc) is 2.80. The van der Waals surface area contributed by atoms with E-state index in [1.165, 1.54) is 34.7 Å². The number of hydrogen-bond acceptors (Lipinski definition) is 7. The van der Waals surface area contributed by atoms with Crippen LogP contribution in [-0.2, 0) is 0 Å². The summed E-state index contributed by atoms with van der Waals surface area (Å²) < 4.78 is 0. The standard InChI is InChI=1S/C16H17N.C6H3N3O7/c1-17-12-11-14(13-7-3-2-4-8-13)15-9-5-6-10-16(15)17;10-6-4(8(13)14)1-3(7(11)12)2-5(6)9(15)16/h2-10,14H,11-12H2,1H3;1-2,10H. The van der Waals surface area contributed by atoms with Gasteiger partial charge in [0.05, 0.1) is 46.2 Å². The van der Waals surface area contributed by atoms with Crippen molar-refractivity contribution < 1.29 is 24.8 Å². The summed E-state index contributed by atoms with van der Waals surface area (Å²) in [5.41, 5.74) is 1.15. The van der Waals surface area contributed by atoms with Crippen molar-refractivity contribution in [2.45, 2.75) is 12.3 Å². The van der Waals surface area contributed by atoms with Crippen molar-refractivity contribution in [3.63, 3.8) is 0 Å². The summed E-state index contributed by atoms with van der Waals surface area (Å²) in [5.74, 6) is -0.878. The molecule has 0 saturated heterocycles. The normalized spacial score (nSPS) is 16.6. The molecular weight excluding hydrogens is 432 g/mol. The van der Waals surface area contributed by atoms with Gasteiger partial charge in [-0.25, -0.2) is 0 Å². The van der Waals surface area contributed by atoms with Crippen LogP contribution in [0.3, 0.4) is 0 Å². The molecule has 2 atom stereocenters. The second-order valence-corrected chi connectivity index (χ2v) is 7.45. The highest BCUT2D eigenvalue weighted by Crippen LogP contribution is 2.37. The van der Waals surface area contributed by atoms with E-state index in [-0.39, 0.29) is 0 Å². The van der Waals surface area contributed by atoms with E-state index in [4.69, 9.17) is 0 Å². The van der Waals surface area contributed by atoms with Crippen molar-refractivity contribution in [3.8, 4) is 5.75 Å². The van der Waals surface area contributed by atoms with Crippen molar-refractivity contribution in [2.24, 2.45) is 0 Å². The van der Waals surface area contributed by atoms with Gasteiger partial charge < -0.3 is 10.0 Å². The van der Waals surface area contributed by atoms with Gasteiger partial charge in [-0.3, -0.25) is 30.3 Å². The van der Waals surface area contributed by atoms with Crippen LogP contribution in [-0.4, -0.2) is 28.4 Å². The highest BCUT2D eigenvalue weighted by molar-refractivity contribution is 5.64. The number of nitro groups is 3. The maximum absolute atomic E-state index is 11.1. The number of para-hydroxylation sites is 1. The van der Waals surface area contributed by atoms with Gasteiger partial charge in [0.1, 0.15) is 5.69 Å². The van der Waals surface area contributed by atoms with Gasteiger partial charge >= 0.3 is 0 Å². The lowest BCUT2D eigenvalue weighted by Crippen LogP contribution is -3.05. The Labute approximate surface area is 188 Å². The molecular formula is C22H20N4O7. The molecule has 11 nitrogen and oxygen atoms in total. The lowest BCUT2D eigenvalue weighted by molar-refractivity contribution is -0.813. The molecule has 170 valence electrons. The van der Waals surface area contributed by atoms with Crippen molar-refractivity contribution in [3.05, 3.63) is 108 Å². The molecule has 0 aliphatic carbocycles. The number of benzene rings is 3. The molecule has 1 aliphatic heterocycles. The SMILES string of the molecule is C[NH+]1CCC(c2ccccc2)c2ccccc21.O=[N+]([O-])c1cc([N+](=O)[O-])c([O-])c([N+](=O)[O-])c1. The van der Waals surface area contributed by atoms with E-state index in [9.17, 15) is 35.4 Å². The van der Waals surface area contributed by atoms with Crippen LogP contribution in [0.1, 0.15) is 23.5 Å². The number of quaternary nitrogens is 1. The van der Waals surface area contributed by atoms with Crippen LogP contribution in [0, 0.1) is 30.3 Å². The van der Waals surface area contributed by atoms with Gasteiger partial charge in [0.15, 0.2) is 0 Å². The molecule has 33 heavy (non-hydrogen) atoms. The summed E-state index contributed by atoms with van der Waals surface area (Å²) in [6, 6.07) is 20.5. The summed E-state index contributed by atoms with van der Waals surface area (Å²) in [7, 11) is 2.26. The monoisotopic (exact) mass is 452 g/mol. The van der Waals surface area contributed by atoms with E-state index in [0.29, 0.717) is 18.1 Å². The minimum absolute atomic E-state index is 0.384. The highest BCUT2D eigenvalue weighted by Gasteiger charge is 2.27. The van der Waals surface area contributed by atoms with Gasteiger partial charge in [-0.15, -0.1) is 0 Å². The van der Waals surface area contributed by atoms with Crippen molar-refractivity contribution in [2.75, 3.05) is 13.6 Å². The Morgan fingerprint density at radius 2 is 1.36 bits per heavy atom. The lowest BCUT2D eigenvalue weighted by atomic mass is 9.84. The topological polar surface area (TPSA) is 157 Å². The summed E-state index contributed by atoms with van der Waals surface area (Å²) >= 11 is 0. The molecule has 3 aromatic rings. The Bertz CT molecular complexity index is 1170. The zero-order valence-corrected chi connectivity index (χ0v) is 17.5. The Kier molecular flexibility index (Phi) is 6.94. The smallest absolute Gasteiger partial charge is 0.283 e. The van der Waals surface area contributed by atoms with Gasteiger partial charge in [-0.1, -0.05) is 48.5 Å². The molecule has 4 rings (SSSR count). The van der Waals surface area contributed by atoms with E-state index >= 15 is 0 Å². The van der Waals surface area contributed by atoms with Crippen LogP contribution in [0.2, 0.25) is 0 Å². The van der Waals surface area contributed by atoms with E-state index in [0.717, 1.165) is 0 Å². The van der Waals surface area contributed by atoms with Crippen LogP contribution < -0.4 is 10.0 Å². The predicted octanol–water partition coefficient (Wildman–Crippen LogP) is 2.85. The number of fused-ring (bicyclic) bond motifs is 1. The molecule has 0 bridgehead atoms. The Morgan fingerprint density at radius 1 is 0.818 bits per heavy atom. The third-order valence-electron chi connectivity index (χ3n) is 5.44. The average molecular weight is 452 g/mol. The number of nitro benzene ring substituents is 3. The van der Waals surface area contributed by atoms with Crippen molar-refractivity contribution >= 4 is 22.7 Å². The van der Waals surface area contributed by atoms with Gasteiger partial charge in [0.25, 0.3) is 17.1 Å². The first kappa shape index (κ1) is 23.3. The Hall–Kier alpha value is -4.38. The number of rotatable bonds is 4. The second kappa shape index (κ2) is 9.83. The van der Waals surface area contributed by atoms with Gasteiger partial charge in [-0.2, -0.15) is 0 Å². The lowest BCUT2D eigenvalue weighted by Gasteiger charge is -2.29. The minimum Gasteiger partial charge on any atom is -0.863 e. The molecule has 0 spiro atoms. The number of nitrogens with zero attached hydrogens (tertiary/aromatic N) is 3. The van der Waals surface area contributed by atoms with Crippen LogP contribution in [0.15, 0.2) is 66.7 Å². The van der Waals surface area contributed by atoms with Crippen LogP contribution in [0.25, 0.3) is 0 Å². The molecule has 0 amide bonds. The van der Waals surface area contributed by atoms with E-state index in [1.54, 1.807) is 0 Å². The zero-order valence-electron chi connectivity index (χ0n) is 17.5. The number of non-ortho nitro benzene ring substituents is 1. The van der Waals surface area contributed by atoms with Crippen molar-refractivity contribution in [1.29, 1.82) is 0 Å². The predicted molar refractivity (Wildman–Crippen MR) is 117 cm³/mol. The fraction of sp³-hybridized carbons (Fsp3) is 0.182. The van der Waals surface area contributed by atoms with Crippen molar-refractivity contribution in [1.82, 2.24) is 0 Å². The molecule has 0 saturated carbocycles. The molecule has 1 N–H and O–H groups in total. The molecule has 1 heterocycles. The maximum Gasteiger partial charge on any atom is 0.283 e. The van der Waals surface area contributed by atoms with Crippen LogP contribution in [0.4, 0.5) is 22.7 Å². The number of nitrogens with one attached hydrogen (secondary N) is 1. The third-order valence-corrected chi connectivity index (χ3v) is 5.44. The first-order valence-corrected chi connectivity index (χ1v) is 9.95. The quantitative estimate of drug-likeness (QED) is 0.471. The first-order valence-electron chi connectivity index (χ1n) is 9.95. The van der Waals surface area contributed by atoms with Gasteiger partial charge in [0, 0.05) is 17.9 Å². The molecule has 3 aromatic carbocycles. The summed E-state index contributed by atoms with van der Waals surface area (Å²) in [5, 5.41) is 42.1. The van der Waals surface area contributed by atoms with Crippen LogP contribution >= 0.6 is 0 Å². The van der Waals surface area contributed by atoms with E-state index in [1.807, 2.05) is 0 Å². The zero-order chi connectivity index (χ0) is 24.1. The Balaban J connectivity index is 0.000000186. The Morgan fingerprint density at radius 3 is 1.91 bits per heavy atom. The fourth-order valence-corrected chi connectivity index (χ4v) is 3.83. The maximum atomic E-state index is 11.1. The largest absolute Gasteiger partial charge is 0.863 e. The van der Waals surface area contributed by atoms with Gasteiger partial charge in [0.2, 0.25) is 0 Å².